The summed E-state index contributed by atoms with van der Waals surface area (Å²) in [6, 6.07) is 9.59. The van der Waals surface area contributed by atoms with Crippen LogP contribution in [-0.4, -0.2) is 30.7 Å². The molecular formula is C17H16N2O6. The number of hydrogen-bond acceptors (Lipinski definition) is 6. The zero-order valence-electron chi connectivity index (χ0n) is 13.5. The van der Waals surface area contributed by atoms with Crippen LogP contribution < -0.4 is 19.5 Å². The number of amides is 1. The number of aryl methyl sites for hydroxylation is 1. The molecule has 1 amide bonds. The highest BCUT2D eigenvalue weighted by Crippen LogP contribution is 2.32. The topological polar surface area (TPSA) is 99.9 Å². The molecule has 3 rings (SSSR count). The molecule has 8 heteroatoms. The summed E-state index contributed by atoms with van der Waals surface area (Å²) < 4.78 is 16.1. The molecule has 1 N–H and O–H groups in total. The average molecular weight is 344 g/mol. The summed E-state index contributed by atoms with van der Waals surface area (Å²) in [7, 11) is 0. The first-order chi connectivity index (χ1) is 12.0. The van der Waals surface area contributed by atoms with E-state index in [0.29, 0.717) is 30.4 Å². The predicted octanol–water partition coefficient (Wildman–Crippen LogP) is 2.69. The van der Waals surface area contributed by atoms with E-state index in [1.807, 2.05) is 0 Å². The standard InChI is InChI=1S/C17H16N2O6/c1-11-2-4-14(13(8-11)19(21)22)25-10-17(20)18-12-3-5-15-16(9-12)24-7-6-23-15/h2-5,8-9H,6-7,10H2,1H3,(H,18,20). The Balaban J connectivity index is 1.63. The van der Waals surface area contributed by atoms with Crippen molar-refractivity contribution in [3.8, 4) is 17.2 Å². The molecule has 8 nitrogen and oxygen atoms in total. The molecule has 0 aliphatic carbocycles. The summed E-state index contributed by atoms with van der Waals surface area (Å²) in [6.45, 7) is 2.33. The Hall–Kier alpha value is -3.29. The largest absolute Gasteiger partial charge is 0.486 e. The fraction of sp³-hybridized carbons (Fsp3) is 0.235. The molecule has 0 fully saturated rings. The number of nitro groups is 1. The number of hydrogen-bond donors (Lipinski definition) is 1. The molecule has 0 saturated heterocycles. The van der Waals surface area contributed by atoms with Crippen LogP contribution in [0.15, 0.2) is 36.4 Å². The van der Waals surface area contributed by atoms with Crippen molar-refractivity contribution in [2.75, 3.05) is 25.1 Å². The van der Waals surface area contributed by atoms with Gasteiger partial charge in [-0.2, -0.15) is 0 Å². The number of benzene rings is 2. The van der Waals surface area contributed by atoms with Crippen LogP contribution >= 0.6 is 0 Å². The van der Waals surface area contributed by atoms with Gasteiger partial charge >= 0.3 is 5.69 Å². The number of nitrogens with one attached hydrogen (secondary N) is 1. The molecule has 0 saturated carbocycles. The minimum absolute atomic E-state index is 0.0490. The molecule has 0 atom stereocenters. The maximum Gasteiger partial charge on any atom is 0.311 e. The van der Waals surface area contributed by atoms with E-state index in [2.05, 4.69) is 5.32 Å². The van der Waals surface area contributed by atoms with E-state index < -0.39 is 10.8 Å². The van der Waals surface area contributed by atoms with E-state index in [9.17, 15) is 14.9 Å². The molecule has 0 radical (unpaired) electrons. The maximum absolute atomic E-state index is 12.0. The molecule has 25 heavy (non-hydrogen) atoms. The van der Waals surface area contributed by atoms with Gasteiger partial charge in [0.15, 0.2) is 23.9 Å². The van der Waals surface area contributed by atoms with Crippen LogP contribution in [-0.2, 0) is 4.79 Å². The van der Waals surface area contributed by atoms with Gasteiger partial charge < -0.3 is 19.5 Å². The van der Waals surface area contributed by atoms with Gasteiger partial charge in [0.1, 0.15) is 13.2 Å². The molecule has 2 aromatic rings. The van der Waals surface area contributed by atoms with Crippen molar-refractivity contribution in [1.82, 2.24) is 0 Å². The van der Waals surface area contributed by atoms with Gasteiger partial charge in [-0.05, 0) is 30.7 Å². The molecule has 1 aliphatic heterocycles. The highest BCUT2D eigenvalue weighted by atomic mass is 16.6. The fourth-order valence-electron chi connectivity index (χ4n) is 2.35. The van der Waals surface area contributed by atoms with Crippen LogP contribution in [0, 0.1) is 17.0 Å². The summed E-state index contributed by atoms with van der Waals surface area (Å²) in [5.74, 6) is 0.786. The van der Waals surface area contributed by atoms with Gasteiger partial charge in [0, 0.05) is 17.8 Å². The van der Waals surface area contributed by atoms with Crippen molar-refractivity contribution in [1.29, 1.82) is 0 Å². The SMILES string of the molecule is Cc1ccc(OCC(=O)Nc2ccc3c(c2)OCCO3)c([N+](=O)[O-])c1. The van der Waals surface area contributed by atoms with Crippen molar-refractivity contribution in [3.63, 3.8) is 0 Å². The first kappa shape index (κ1) is 16.6. The van der Waals surface area contributed by atoms with Crippen LogP contribution in [0.5, 0.6) is 17.2 Å². The van der Waals surface area contributed by atoms with Gasteiger partial charge in [-0.25, -0.2) is 0 Å². The third-order valence-corrected chi connectivity index (χ3v) is 3.50. The zero-order chi connectivity index (χ0) is 17.8. The van der Waals surface area contributed by atoms with Gasteiger partial charge in [-0.15, -0.1) is 0 Å². The van der Waals surface area contributed by atoms with E-state index in [1.165, 1.54) is 12.1 Å². The molecule has 0 unspecified atom stereocenters. The van der Waals surface area contributed by atoms with Crippen molar-refractivity contribution < 1.29 is 23.9 Å². The number of nitrogens with zero attached hydrogens (tertiary/aromatic N) is 1. The lowest BCUT2D eigenvalue weighted by Crippen LogP contribution is -2.21. The molecule has 1 aliphatic rings. The van der Waals surface area contributed by atoms with E-state index in [-0.39, 0.29) is 18.0 Å². The van der Waals surface area contributed by atoms with E-state index in [4.69, 9.17) is 14.2 Å². The van der Waals surface area contributed by atoms with E-state index >= 15 is 0 Å². The molecule has 0 bridgehead atoms. The Kier molecular flexibility index (Phi) is 4.69. The van der Waals surface area contributed by atoms with E-state index in [1.54, 1.807) is 31.2 Å². The Bertz CT molecular complexity index is 821. The van der Waals surface area contributed by atoms with Gasteiger partial charge in [-0.1, -0.05) is 6.07 Å². The number of fused-ring (bicyclic) bond motifs is 1. The third-order valence-electron chi connectivity index (χ3n) is 3.50. The van der Waals surface area contributed by atoms with Crippen molar-refractivity contribution >= 4 is 17.3 Å². The number of ether oxygens (including phenoxy) is 3. The summed E-state index contributed by atoms with van der Waals surface area (Å²) in [5.41, 5.74) is 1.09. The molecule has 0 spiro atoms. The second-order valence-electron chi connectivity index (χ2n) is 5.42. The fourth-order valence-corrected chi connectivity index (χ4v) is 2.35. The van der Waals surface area contributed by atoms with Gasteiger partial charge in [0.25, 0.3) is 5.91 Å². The summed E-state index contributed by atoms with van der Waals surface area (Å²) in [4.78, 5) is 22.5. The van der Waals surface area contributed by atoms with Crippen LogP contribution in [0.4, 0.5) is 11.4 Å². The first-order valence-electron chi connectivity index (χ1n) is 7.60. The monoisotopic (exact) mass is 344 g/mol. The minimum Gasteiger partial charge on any atom is -0.486 e. The van der Waals surface area contributed by atoms with Crippen LogP contribution in [0.25, 0.3) is 0 Å². The van der Waals surface area contributed by atoms with Gasteiger partial charge in [0.05, 0.1) is 4.92 Å². The number of anilines is 1. The average Bonchev–Trinajstić information content (AvgIpc) is 2.60. The lowest BCUT2D eigenvalue weighted by atomic mass is 10.2. The smallest absolute Gasteiger partial charge is 0.311 e. The van der Waals surface area contributed by atoms with Crippen molar-refractivity contribution in [2.45, 2.75) is 6.92 Å². The highest BCUT2D eigenvalue weighted by molar-refractivity contribution is 5.92. The summed E-state index contributed by atoms with van der Waals surface area (Å²) >= 11 is 0. The predicted molar refractivity (Wildman–Crippen MR) is 89.4 cm³/mol. The lowest BCUT2D eigenvalue weighted by Gasteiger charge is -2.19. The minimum atomic E-state index is -0.541. The molecule has 0 aromatic heterocycles. The number of nitro benzene ring substituents is 1. The highest BCUT2D eigenvalue weighted by Gasteiger charge is 2.17. The number of carbonyl (C=O) groups is 1. The second-order valence-corrected chi connectivity index (χ2v) is 5.42. The quantitative estimate of drug-likeness (QED) is 0.661. The Morgan fingerprint density at radius 3 is 2.72 bits per heavy atom. The Labute approximate surface area is 143 Å². The second kappa shape index (κ2) is 7.08. The molecule has 2 aromatic carbocycles. The molecule has 1 heterocycles. The number of rotatable bonds is 5. The summed E-state index contributed by atoms with van der Waals surface area (Å²) in [6.07, 6.45) is 0. The van der Waals surface area contributed by atoms with Crippen LogP contribution in [0.3, 0.4) is 0 Å². The van der Waals surface area contributed by atoms with Crippen LogP contribution in [0.1, 0.15) is 5.56 Å². The molecular weight excluding hydrogens is 328 g/mol. The third kappa shape index (κ3) is 3.97. The normalized spacial score (nSPS) is 12.4. The van der Waals surface area contributed by atoms with Gasteiger partial charge in [-0.3, -0.25) is 14.9 Å². The summed E-state index contributed by atoms with van der Waals surface area (Å²) in [5, 5.41) is 13.7. The Morgan fingerprint density at radius 2 is 1.96 bits per heavy atom. The molecule has 130 valence electrons. The van der Waals surface area contributed by atoms with E-state index in [0.717, 1.165) is 5.56 Å². The van der Waals surface area contributed by atoms with Crippen molar-refractivity contribution in [3.05, 3.63) is 52.1 Å². The first-order valence-corrected chi connectivity index (χ1v) is 7.60. The van der Waals surface area contributed by atoms with Crippen molar-refractivity contribution in [2.24, 2.45) is 0 Å². The van der Waals surface area contributed by atoms with Crippen LogP contribution in [0.2, 0.25) is 0 Å². The number of carbonyl (C=O) groups excluding carboxylic acids is 1. The Morgan fingerprint density at radius 1 is 1.20 bits per heavy atom. The lowest BCUT2D eigenvalue weighted by molar-refractivity contribution is -0.385. The van der Waals surface area contributed by atoms with Gasteiger partial charge in [0.2, 0.25) is 0 Å². The maximum atomic E-state index is 12.0. The zero-order valence-corrected chi connectivity index (χ0v) is 13.5.